The van der Waals surface area contributed by atoms with E-state index in [1.807, 2.05) is 0 Å². The lowest BCUT2D eigenvalue weighted by Gasteiger charge is -2.34. The van der Waals surface area contributed by atoms with E-state index in [9.17, 15) is 24.8 Å². The molecule has 152 valence electrons. The van der Waals surface area contributed by atoms with Gasteiger partial charge in [0.25, 0.3) is 11.6 Å². The molecule has 0 saturated carbocycles. The van der Waals surface area contributed by atoms with E-state index in [4.69, 9.17) is 4.74 Å². The molecule has 0 bridgehead atoms. The minimum absolute atomic E-state index is 0.0498. The highest BCUT2D eigenvalue weighted by Gasteiger charge is 2.25. The van der Waals surface area contributed by atoms with Crippen molar-refractivity contribution < 1.29 is 24.4 Å². The molecule has 0 spiro atoms. The maximum atomic E-state index is 12.5. The molecule has 1 aliphatic heterocycles. The number of phenols is 1. The van der Waals surface area contributed by atoms with Crippen molar-refractivity contribution in [3.05, 3.63) is 64.2 Å². The first kappa shape index (κ1) is 20.1. The third-order valence-corrected chi connectivity index (χ3v) is 4.67. The van der Waals surface area contributed by atoms with Crippen molar-refractivity contribution >= 4 is 17.5 Å². The summed E-state index contributed by atoms with van der Waals surface area (Å²) in [5, 5.41) is 19.9. The molecule has 2 amide bonds. The molecule has 1 saturated heterocycles. The van der Waals surface area contributed by atoms with E-state index in [2.05, 4.69) is 0 Å². The third-order valence-electron chi connectivity index (χ3n) is 4.67. The van der Waals surface area contributed by atoms with Crippen LogP contribution in [0.3, 0.4) is 0 Å². The number of aromatic hydroxyl groups is 1. The Bertz CT molecular complexity index is 874. The van der Waals surface area contributed by atoms with Crippen molar-refractivity contribution in [1.29, 1.82) is 0 Å². The predicted molar refractivity (Wildman–Crippen MR) is 104 cm³/mol. The summed E-state index contributed by atoms with van der Waals surface area (Å²) in [7, 11) is 0. The van der Waals surface area contributed by atoms with Crippen molar-refractivity contribution in [3.63, 3.8) is 0 Å². The molecule has 1 fully saturated rings. The van der Waals surface area contributed by atoms with Crippen LogP contribution in [0.5, 0.6) is 11.5 Å². The lowest BCUT2D eigenvalue weighted by Crippen LogP contribution is -2.50. The molecule has 0 aliphatic carbocycles. The summed E-state index contributed by atoms with van der Waals surface area (Å²) < 4.78 is 5.50. The third kappa shape index (κ3) is 5.22. The SMILES string of the molecule is O=C(CCOc1ccc(O)cc1)N1CCN(C(=O)c2ccc([N+](=O)[O-])cc2)CC1. The quantitative estimate of drug-likeness (QED) is 0.588. The van der Waals surface area contributed by atoms with E-state index >= 15 is 0 Å². The van der Waals surface area contributed by atoms with Gasteiger partial charge in [0, 0.05) is 43.9 Å². The number of nitro groups is 1. The Kier molecular flexibility index (Phi) is 6.28. The second kappa shape index (κ2) is 9.05. The van der Waals surface area contributed by atoms with Crippen molar-refractivity contribution in [2.45, 2.75) is 6.42 Å². The normalized spacial score (nSPS) is 13.8. The predicted octanol–water partition coefficient (Wildman–Crippen LogP) is 2.05. The molecule has 1 N–H and O–H groups in total. The van der Waals surface area contributed by atoms with Crippen LogP contribution in [0, 0.1) is 10.1 Å². The molecule has 9 heteroatoms. The topological polar surface area (TPSA) is 113 Å². The Morgan fingerprint density at radius 1 is 0.966 bits per heavy atom. The molecule has 1 heterocycles. The number of amides is 2. The lowest BCUT2D eigenvalue weighted by atomic mass is 10.1. The molecule has 0 unspecified atom stereocenters. The van der Waals surface area contributed by atoms with Gasteiger partial charge in [-0.15, -0.1) is 0 Å². The number of ether oxygens (including phenoxy) is 1. The molecule has 2 aromatic carbocycles. The monoisotopic (exact) mass is 399 g/mol. The largest absolute Gasteiger partial charge is 0.508 e. The molecule has 3 rings (SSSR count). The first-order chi connectivity index (χ1) is 13.9. The zero-order valence-electron chi connectivity index (χ0n) is 15.7. The highest BCUT2D eigenvalue weighted by atomic mass is 16.6. The number of benzene rings is 2. The smallest absolute Gasteiger partial charge is 0.269 e. The first-order valence-electron chi connectivity index (χ1n) is 9.17. The number of carbonyl (C=O) groups excluding carboxylic acids is 2. The average molecular weight is 399 g/mol. The van der Waals surface area contributed by atoms with Gasteiger partial charge in [-0.05, 0) is 36.4 Å². The Hall–Kier alpha value is -3.62. The van der Waals surface area contributed by atoms with Gasteiger partial charge >= 0.3 is 0 Å². The van der Waals surface area contributed by atoms with E-state index in [-0.39, 0.29) is 36.3 Å². The van der Waals surface area contributed by atoms with Crippen LogP contribution in [-0.2, 0) is 4.79 Å². The summed E-state index contributed by atoms with van der Waals surface area (Å²) in [5.41, 5.74) is 0.323. The molecular weight excluding hydrogens is 378 g/mol. The first-order valence-corrected chi connectivity index (χ1v) is 9.17. The second-order valence-electron chi connectivity index (χ2n) is 6.57. The standard InChI is InChI=1S/C20H21N3O6/c24-17-5-7-18(8-6-17)29-14-9-19(25)21-10-12-22(13-11-21)20(26)15-1-3-16(4-2-15)23(27)28/h1-8,24H,9-14H2. The summed E-state index contributed by atoms with van der Waals surface area (Å²) in [4.78, 5) is 38.4. The van der Waals surface area contributed by atoms with Crippen LogP contribution in [0.1, 0.15) is 16.8 Å². The van der Waals surface area contributed by atoms with Crippen molar-refractivity contribution in [2.75, 3.05) is 32.8 Å². The fourth-order valence-electron chi connectivity index (χ4n) is 3.02. The van der Waals surface area contributed by atoms with Crippen LogP contribution >= 0.6 is 0 Å². The molecule has 0 aromatic heterocycles. The lowest BCUT2D eigenvalue weighted by molar-refractivity contribution is -0.384. The molecule has 29 heavy (non-hydrogen) atoms. The van der Waals surface area contributed by atoms with Gasteiger partial charge in [-0.25, -0.2) is 0 Å². The van der Waals surface area contributed by atoms with Gasteiger partial charge in [0.05, 0.1) is 18.0 Å². The van der Waals surface area contributed by atoms with Crippen molar-refractivity contribution in [3.8, 4) is 11.5 Å². The number of nitrogens with zero attached hydrogens (tertiary/aromatic N) is 3. The molecule has 0 radical (unpaired) electrons. The van der Waals surface area contributed by atoms with Crippen LogP contribution in [0.4, 0.5) is 5.69 Å². The zero-order chi connectivity index (χ0) is 20.8. The Labute approximate surface area is 167 Å². The Balaban J connectivity index is 1.44. The van der Waals surface area contributed by atoms with Gasteiger partial charge in [0.1, 0.15) is 11.5 Å². The fraction of sp³-hybridized carbons (Fsp3) is 0.300. The number of rotatable bonds is 6. The van der Waals surface area contributed by atoms with Crippen LogP contribution in [0.25, 0.3) is 0 Å². The number of hydrogen-bond donors (Lipinski definition) is 1. The molecular formula is C20H21N3O6. The number of nitro benzene ring substituents is 1. The van der Waals surface area contributed by atoms with E-state index in [1.54, 1.807) is 21.9 Å². The van der Waals surface area contributed by atoms with Crippen LogP contribution in [-0.4, -0.2) is 64.4 Å². The minimum atomic E-state index is -0.510. The van der Waals surface area contributed by atoms with Crippen LogP contribution < -0.4 is 4.74 Å². The molecule has 2 aromatic rings. The number of phenolic OH excluding ortho intramolecular Hbond substituents is 1. The van der Waals surface area contributed by atoms with E-state index in [0.29, 0.717) is 37.5 Å². The van der Waals surface area contributed by atoms with E-state index in [0.717, 1.165) is 0 Å². The van der Waals surface area contributed by atoms with Crippen LogP contribution in [0.15, 0.2) is 48.5 Å². The van der Waals surface area contributed by atoms with E-state index < -0.39 is 4.92 Å². The number of hydrogen-bond acceptors (Lipinski definition) is 6. The van der Waals surface area contributed by atoms with Gasteiger partial charge in [-0.2, -0.15) is 0 Å². The Morgan fingerprint density at radius 3 is 2.14 bits per heavy atom. The molecule has 9 nitrogen and oxygen atoms in total. The highest BCUT2D eigenvalue weighted by Crippen LogP contribution is 2.17. The summed E-state index contributed by atoms with van der Waals surface area (Å²) in [6, 6.07) is 11.8. The summed E-state index contributed by atoms with van der Waals surface area (Å²) in [6.45, 7) is 1.89. The summed E-state index contributed by atoms with van der Waals surface area (Å²) in [6.07, 6.45) is 0.219. The van der Waals surface area contributed by atoms with Crippen molar-refractivity contribution in [1.82, 2.24) is 9.80 Å². The van der Waals surface area contributed by atoms with Gasteiger partial charge in [-0.1, -0.05) is 0 Å². The average Bonchev–Trinajstić information content (AvgIpc) is 2.74. The zero-order valence-corrected chi connectivity index (χ0v) is 15.7. The summed E-state index contributed by atoms with van der Waals surface area (Å²) >= 11 is 0. The summed E-state index contributed by atoms with van der Waals surface area (Å²) in [5.74, 6) is 0.470. The fourth-order valence-corrected chi connectivity index (χ4v) is 3.02. The number of non-ortho nitro benzene ring substituents is 1. The number of piperazine rings is 1. The molecule has 0 atom stereocenters. The minimum Gasteiger partial charge on any atom is -0.508 e. The molecule has 1 aliphatic rings. The maximum absolute atomic E-state index is 12.5. The van der Waals surface area contributed by atoms with Gasteiger partial charge in [0.2, 0.25) is 5.91 Å². The van der Waals surface area contributed by atoms with Crippen LogP contribution in [0.2, 0.25) is 0 Å². The Morgan fingerprint density at radius 2 is 1.55 bits per heavy atom. The van der Waals surface area contributed by atoms with Gasteiger partial charge in [-0.3, -0.25) is 19.7 Å². The van der Waals surface area contributed by atoms with Crippen molar-refractivity contribution in [2.24, 2.45) is 0 Å². The van der Waals surface area contributed by atoms with Gasteiger partial charge in [0.15, 0.2) is 0 Å². The van der Waals surface area contributed by atoms with E-state index in [1.165, 1.54) is 36.4 Å². The maximum Gasteiger partial charge on any atom is 0.269 e. The number of carbonyl (C=O) groups is 2. The highest BCUT2D eigenvalue weighted by molar-refractivity contribution is 5.94. The van der Waals surface area contributed by atoms with Gasteiger partial charge < -0.3 is 19.6 Å². The second-order valence-corrected chi connectivity index (χ2v) is 6.57.